The Morgan fingerprint density at radius 1 is 1.24 bits per heavy atom. The molecule has 0 radical (unpaired) electrons. The highest BCUT2D eigenvalue weighted by Crippen LogP contribution is 2.34. The molecule has 0 amide bonds. The van der Waals surface area contributed by atoms with Crippen LogP contribution >= 0.6 is 11.6 Å². The van der Waals surface area contributed by atoms with E-state index in [0.717, 1.165) is 31.0 Å². The lowest BCUT2D eigenvalue weighted by Crippen LogP contribution is -2.23. The molecule has 3 nitrogen and oxygen atoms in total. The molecule has 1 aromatic carbocycles. The zero-order chi connectivity index (χ0) is 12.3. The van der Waals surface area contributed by atoms with Crippen LogP contribution in [0.1, 0.15) is 11.1 Å². The molecule has 0 saturated heterocycles. The molecule has 0 unspecified atom stereocenters. The molecule has 1 aliphatic rings. The average Bonchev–Trinajstić information content (AvgIpc) is 2.73. The highest BCUT2D eigenvalue weighted by molar-refractivity contribution is 6.18. The standard InChI is InChI=1S/C13H18ClNO2/c1-10-7-12-13(17-9-16-12)8-11(10)3-5-15(2)6-4-14/h7-8H,3-6,9H2,1-2H3. The molecule has 0 spiro atoms. The Morgan fingerprint density at radius 2 is 1.94 bits per heavy atom. The first-order valence-corrected chi connectivity index (χ1v) is 6.38. The molecule has 17 heavy (non-hydrogen) atoms. The van der Waals surface area contributed by atoms with Crippen LogP contribution in [0.2, 0.25) is 0 Å². The van der Waals surface area contributed by atoms with Crippen LogP contribution in [0.25, 0.3) is 0 Å². The van der Waals surface area contributed by atoms with Crippen LogP contribution in [0, 0.1) is 6.92 Å². The number of benzene rings is 1. The van der Waals surface area contributed by atoms with Gasteiger partial charge in [-0.1, -0.05) is 0 Å². The minimum atomic E-state index is 0.338. The molecule has 1 aromatic rings. The zero-order valence-electron chi connectivity index (χ0n) is 10.3. The number of halogens is 1. The van der Waals surface area contributed by atoms with Gasteiger partial charge >= 0.3 is 0 Å². The third-order valence-corrected chi connectivity index (χ3v) is 3.23. The summed E-state index contributed by atoms with van der Waals surface area (Å²) in [5, 5.41) is 0. The minimum absolute atomic E-state index is 0.338. The molecule has 0 atom stereocenters. The van der Waals surface area contributed by atoms with Gasteiger partial charge in [-0.05, 0) is 43.7 Å². The molecule has 0 N–H and O–H groups in total. The normalized spacial score (nSPS) is 13.4. The second-order valence-corrected chi connectivity index (χ2v) is 4.75. The van der Waals surface area contributed by atoms with Crippen LogP contribution in [0.3, 0.4) is 0 Å². The number of likely N-dealkylation sites (N-methyl/N-ethyl adjacent to an activating group) is 1. The highest BCUT2D eigenvalue weighted by Gasteiger charge is 2.15. The lowest BCUT2D eigenvalue weighted by atomic mass is 10.0. The summed E-state index contributed by atoms with van der Waals surface area (Å²) in [7, 11) is 2.09. The number of ether oxygens (including phenoxy) is 2. The molecule has 0 saturated carbocycles. The molecule has 94 valence electrons. The van der Waals surface area contributed by atoms with Gasteiger partial charge in [0.25, 0.3) is 0 Å². The predicted octanol–water partition coefficient (Wildman–Crippen LogP) is 2.44. The molecular formula is C13H18ClNO2. The van der Waals surface area contributed by atoms with Gasteiger partial charge in [0.05, 0.1) is 0 Å². The van der Waals surface area contributed by atoms with Crippen molar-refractivity contribution in [2.24, 2.45) is 0 Å². The van der Waals surface area contributed by atoms with Gasteiger partial charge in [-0.25, -0.2) is 0 Å². The molecule has 2 rings (SSSR count). The number of hydrogen-bond donors (Lipinski definition) is 0. The molecule has 0 fully saturated rings. The number of nitrogens with zero attached hydrogens (tertiary/aromatic N) is 1. The summed E-state index contributed by atoms with van der Waals surface area (Å²) >= 11 is 5.71. The van der Waals surface area contributed by atoms with Crippen molar-refractivity contribution in [2.75, 3.05) is 32.8 Å². The van der Waals surface area contributed by atoms with Crippen LogP contribution in [0.4, 0.5) is 0 Å². The van der Waals surface area contributed by atoms with E-state index in [1.54, 1.807) is 0 Å². The lowest BCUT2D eigenvalue weighted by molar-refractivity contribution is 0.174. The largest absolute Gasteiger partial charge is 0.454 e. The number of rotatable bonds is 5. The number of aryl methyl sites for hydroxylation is 1. The third kappa shape index (κ3) is 3.05. The van der Waals surface area contributed by atoms with E-state index < -0.39 is 0 Å². The fourth-order valence-corrected chi connectivity index (χ4v) is 2.21. The quantitative estimate of drug-likeness (QED) is 0.755. The van der Waals surface area contributed by atoms with Crippen molar-refractivity contribution in [1.82, 2.24) is 4.90 Å². The van der Waals surface area contributed by atoms with Crippen molar-refractivity contribution in [3.63, 3.8) is 0 Å². The van der Waals surface area contributed by atoms with Crippen LogP contribution < -0.4 is 9.47 Å². The van der Waals surface area contributed by atoms with Crippen molar-refractivity contribution < 1.29 is 9.47 Å². The van der Waals surface area contributed by atoms with E-state index in [9.17, 15) is 0 Å². The Bertz CT molecular complexity index is 395. The van der Waals surface area contributed by atoms with Gasteiger partial charge in [0.2, 0.25) is 6.79 Å². The first-order valence-electron chi connectivity index (χ1n) is 5.84. The fraction of sp³-hybridized carbons (Fsp3) is 0.538. The minimum Gasteiger partial charge on any atom is -0.454 e. The molecule has 1 heterocycles. The van der Waals surface area contributed by atoms with Gasteiger partial charge in [-0.2, -0.15) is 0 Å². The van der Waals surface area contributed by atoms with Gasteiger partial charge in [0, 0.05) is 19.0 Å². The second kappa shape index (κ2) is 5.61. The Labute approximate surface area is 107 Å². The zero-order valence-corrected chi connectivity index (χ0v) is 11.1. The van der Waals surface area contributed by atoms with E-state index in [4.69, 9.17) is 21.1 Å². The predicted molar refractivity (Wildman–Crippen MR) is 69.2 cm³/mol. The number of fused-ring (bicyclic) bond motifs is 1. The Kier molecular flexibility index (Phi) is 4.13. The first kappa shape index (κ1) is 12.5. The van der Waals surface area contributed by atoms with E-state index in [1.807, 2.05) is 0 Å². The summed E-state index contributed by atoms with van der Waals surface area (Å²) in [6, 6.07) is 4.14. The van der Waals surface area contributed by atoms with Gasteiger partial charge in [0.1, 0.15) is 0 Å². The Hall–Kier alpha value is -0.930. The average molecular weight is 256 g/mol. The van der Waals surface area contributed by atoms with E-state index in [0.29, 0.717) is 12.7 Å². The molecule has 0 aliphatic carbocycles. The molecule has 0 aromatic heterocycles. The van der Waals surface area contributed by atoms with Crippen molar-refractivity contribution in [3.8, 4) is 11.5 Å². The summed E-state index contributed by atoms with van der Waals surface area (Å²) < 4.78 is 10.7. The molecule has 1 aliphatic heterocycles. The van der Waals surface area contributed by atoms with E-state index in [2.05, 4.69) is 31.0 Å². The van der Waals surface area contributed by atoms with Crippen molar-refractivity contribution in [2.45, 2.75) is 13.3 Å². The van der Waals surface area contributed by atoms with Crippen LogP contribution in [0.5, 0.6) is 11.5 Å². The Morgan fingerprint density at radius 3 is 2.65 bits per heavy atom. The molecular weight excluding hydrogens is 238 g/mol. The van der Waals surface area contributed by atoms with Crippen LogP contribution in [-0.4, -0.2) is 37.7 Å². The topological polar surface area (TPSA) is 21.7 Å². The van der Waals surface area contributed by atoms with Gasteiger partial charge in [-0.3, -0.25) is 0 Å². The number of hydrogen-bond acceptors (Lipinski definition) is 3. The lowest BCUT2D eigenvalue weighted by Gasteiger charge is -2.15. The molecule has 4 heteroatoms. The maximum atomic E-state index is 5.71. The summed E-state index contributed by atoms with van der Waals surface area (Å²) in [6.45, 7) is 4.38. The van der Waals surface area contributed by atoms with Crippen molar-refractivity contribution in [3.05, 3.63) is 23.3 Å². The van der Waals surface area contributed by atoms with E-state index >= 15 is 0 Å². The van der Waals surface area contributed by atoms with Gasteiger partial charge in [-0.15, -0.1) is 11.6 Å². The smallest absolute Gasteiger partial charge is 0.231 e. The van der Waals surface area contributed by atoms with E-state index in [1.165, 1.54) is 11.1 Å². The van der Waals surface area contributed by atoms with E-state index in [-0.39, 0.29) is 0 Å². The van der Waals surface area contributed by atoms with Crippen molar-refractivity contribution >= 4 is 11.6 Å². The van der Waals surface area contributed by atoms with Gasteiger partial charge in [0.15, 0.2) is 11.5 Å². The highest BCUT2D eigenvalue weighted by atomic mass is 35.5. The van der Waals surface area contributed by atoms with Crippen LogP contribution in [0.15, 0.2) is 12.1 Å². The fourth-order valence-electron chi connectivity index (χ4n) is 1.92. The summed E-state index contributed by atoms with van der Waals surface area (Å²) in [6.07, 6.45) is 1.01. The SMILES string of the molecule is Cc1cc2c(cc1CCN(C)CCCl)OCO2. The first-order chi connectivity index (χ1) is 8.20. The summed E-state index contributed by atoms with van der Waals surface area (Å²) in [5.74, 6) is 2.40. The monoisotopic (exact) mass is 255 g/mol. The summed E-state index contributed by atoms with van der Waals surface area (Å²) in [4.78, 5) is 2.23. The molecule has 0 bridgehead atoms. The maximum absolute atomic E-state index is 5.71. The van der Waals surface area contributed by atoms with Gasteiger partial charge < -0.3 is 14.4 Å². The van der Waals surface area contributed by atoms with Crippen molar-refractivity contribution in [1.29, 1.82) is 0 Å². The number of alkyl halides is 1. The maximum Gasteiger partial charge on any atom is 0.231 e. The summed E-state index contributed by atoms with van der Waals surface area (Å²) in [5.41, 5.74) is 2.57. The third-order valence-electron chi connectivity index (χ3n) is 3.06. The van der Waals surface area contributed by atoms with Crippen LogP contribution in [-0.2, 0) is 6.42 Å². The Balaban J connectivity index is 2.01. The second-order valence-electron chi connectivity index (χ2n) is 4.37.